The lowest BCUT2D eigenvalue weighted by atomic mass is 10.3. The maximum absolute atomic E-state index is 11.4. The molecule has 0 aliphatic rings. The van der Waals surface area contributed by atoms with Crippen molar-refractivity contribution in [1.82, 2.24) is 16.0 Å². The average Bonchev–Trinajstić information content (AvgIpc) is 2.29. The topological polar surface area (TPSA) is 79.2 Å². The number of hydrogen-bond donors (Lipinski definition) is 4. The summed E-state index contributed by atoms with van der Waals surface area (Å²) in [6.07, 6.45) is 3.71. The summed E-state index contributed by atoms with van der Waals surface area (Å²) in [6.45, 7) is 7.85. The van der Waals surface area contributed by atoms with Crippen molar-refractivity contribution in [2.45, 2.75) is 26.7 Å². The molecular formula is C12H26N4O. The molecule has 5 nitrogen and oxygen atoms in total. The molecule has 0 saturated carbocycles. The van der Waals surface area contributed by atoms with Crippen molar-refractivity contribution in [3.05, 3.63) is 11.8 Å². The second kappa shape index (κ2) is 11.4. The third kappa shape index (κ3) is 11.2. The molecule has 0 radical (unpaired) electrons. The predicted octanol–water partition coefficient (Wildman–Crippen LogP) is -0.0556. The third-order valence-corrected chi connectivity index (χ3v) is 2.20. The zero-order valence-corrected chi connectivity index (χ0v) is 11.0. The Morgan fingerprint density at radius 3 is 2.59 bits per heavy atom. The van der Waals surface area contributed by atoms with Crippen LogP contribution in [0.5, 0.6) is 0 Å². The van der Waals surface area contributed by atoms with Crippen LogP contribution in [0.25, 0.3) is 0 Å². The SMILES string of the molecule is CCCCNC(=O)/C=C(/C)NCCNCCN. The first kappa shape index (κ1) is 15.9. The van der Waals surface area contributed by atoms with E-state index in [0.717, 1.165) is 44.7 Å². The second-order valence-corrected chi connectivity index (χ2v) is 3.94. The third-order valence-electron chi connectivity index (χ3n) is 2.20. The van der Waals surface area contributed by atoms with Crippen LogP contribution < -0.4 is 21.7 Å². The van der Waals surface area contributed by atoms with Crippen molar-refractivity contribution in [2.24, 2.45) is 5.73 Å². The van der Waals surface area contributed by atoms with E-state index in [1.807, 2.05) is 6.92 Å². The van der Waals surface area contributed by atoms with Crippen molar-refractivity contribution in [2.75, 3.05) is 32.7 Å². The molecule has 0 aromatic heterocycles. The summed E-state index contributed by atoms with van der Waals surface area (Å²) < 4.78 is 0. The summed E-state index contributed by atoms with van der Waals surface area (Å²) in [7, 11) is 0. The molecule has 0 atom stereocenters. The normalized spacial score (nSPS) is 11.4. The Morgan fingerprint density at radius 2 is 1.94 bits per heavy atom. The van der Waals surface area contributed by atoms with Crippen LogP contribution >= 0.6 is 0 Å². The number of carbonyl (C=O) groups is 1. The highest BCUT2D eigenvalue weighted by Gasteiger charge is 1.96. The molecule has 0 unspecified atom stereocenters. The van der Waals surface area contributed by atoms with Crippen molar-refractivity contribution in [3.8, 4) is 0 Å². The number of rotatable bonds is 10. The lowest BCUT2D eigenvalue weighted by molar-refractivity contribution is -0.116. The van der Waals surface area contributed by atoms with Crippen molar-refractivity contribution in [1.29, 1.82) is 0 Å². The minimum Gasteiger partial charge on any atom is -0.387 e. The van der Waals surface area contributed by atoms with E-state index in [0.29, 0.717) is 6.54 Å². The fourth-order valence-electron chi connectivity index (χ4n) is 1.26. The monoisotopic (exact) mass is 242 g/mol. The molecule has 0 aromatic rings. The number of carbonyl (C=O) groups excluding carboxylic acids is 1. The summed E-state index contributed by atoms with van der Waals surface area (Å²) in [6, 6.07) is 0. The summed E-state index contributed by atoms with van der Waals surface area (Å²) in [5.74, 6) is -0.0293. The van der Waals surface area contributed by atoms with Crippen LogP contribution in [0.2, 0.25) is 0 Å². The minimum atomic E-state index is -0.0293. The Labute approximate surface area is 104 Å². The quantitative estimate of drug-likeness (QED) is 0.320. The molecule has 0 bridgehead atoms. The van der Waals surface area contributed by atoms with Crippen LogP contribution in [0.4, 0.5) is 0 Å². The fraction of sp³-hybridized carbons (Fsp3) is 0.750. The molecule has 0 aliphatic heterocycles. The number of amides is 1. The van der Waals surface area contributed by atoms with Gasteiger partial charge in [0.2, 0.25) is 5.91 Å². The highest BCUT2D eigenvalue weighted by molar-refractivity contribution is 5.87. The highest BCUT2D eigenvalue weighted by atomic mass is 16.1. The molecule has 0 heterocycles. The van der Waals surface area contributed by atoms with E-state index in [1.165, 1.54) is 0 Å². The summed E-state index contributed by atoms with van der Waals surface area (Å²) in [5, 5.41) is 9.17. The Hall–Kier alpha value is -1.07. The van der Waals surface area contributed by atoms with Crippen LogP contribution in [0.1, 0.15) is 26.7 Å². The van der Waals surface area contributed by atoms with Gasteiger partial charge < -0.3 is 21.7 Å². The molecule has 0 aliphatic carbocycles. The molecule has 0 aromatic carbocycles. The van der Waals surface area contributed by atoms with Crippen LogP contribution in [0.15, 0.2) is 11.8 Å². The highest BCUT2D eigenvalue weighted by Crippen LogP contribution is 1.87. The first-order chi connectivity index (χ1) is 8.20. The van der Waals surface area contributed by atoms with E-state index >= 15 is 0 Å². The molecule has 5 heteroatoms. The summed E-state index contributed by atoms with van der Waals surface area (Å²) >= 11 is 0. The van der Waals surface area contributed by atoms with E-state index in [-0.39, 0.29) is 5.91 Å². The summed E-state index contributed by atoms with van der Waals surface area (Å²) in [5.41, 5.74) is 6.23. The van der Waals surface area contributed by atoms with Gasteiger partial charge in [-0.25, -0.2) is 0 Å². The van der Waals surface area contributed by atoms with Crippen LogP contribution in [-0.2, 0) is 4.79 Å². The molecule has 17 heavy (non-hydrogen) atoms. The molecular weight excluding hydrogens is 216 g/mol. The van der Waals surface area contributed by atoms with Crippen molar-refractivity contribution >= 4 is 5.91 Å². The van der Waals surface area contributed by atoms with Crippen LogP contribution in [0.3, 0.4) is 0 Å². The largest absolute Gasteiger partial charge is 0.387 e. The minimum absolute atomic E-state index is 0.0293. The molecule has 5 N–H and O–H groups in total. The zero-order valence-electron chi connectivity index (χ0n) is 11.0. The van der Waals surface area contributed by atoms with Gasteiger partial charge >= 0.3 is 0 Å². The van der Waals surface area contributed by atoms with Crippen LogP contribution in [0, 0.1) is 0 Å². The van der Waals surface area contributed by atoms with Gasteiger partial charge in [0.05, 0.1) is 0 Å². The van der Waals surface area contributed by atoms with Gasteiger partial charge in [0.25, 0.3) is 0 Å². The Morgan fingerprint density at radius 1 is 1.18 bits per heavy atom. The van der Waals surface area contributed by atoms with Crippen molar-refractivity contribution in [3.63, 3.8) is 0 Å². The Kier molecular flexibility index (Phi) is 10.7. The molecule has 0 spiro atoms. The Bertz CT molecular complexity index is 229. The molecule has 0 rings (SSSR count). The molecule has 1 amide bonds. The zero-order chi connectivity index (χ0) is 12.9. The number of hydrogen-bond acceptors (Lipinski definition) is 4. The fourth-order valence-corrected chi connectivity index (χ4v) is 1.26. The number of allylic oxidation sites excluding steroid dienone is 1. The predicted molar refractivity (Wildman–Crippen MR) is 71.6 cm³/mol. The number of nitrogens with one attached hydrogen (secondary N) is 3. The van der Waals surface area contributed by atoms with Gasteiger partial charge in [-0.2, -0.15) is 0 Å². The molecule has 0 saturated heterocycles. The van der Waals surface area contributed by atoms with E-state index in [1.54, 1.807) is 6.08 Å². The maximum atomic E-state index is 11.4. The lowest BCUT2D eigenvalue weighted by Gasteiger charge is -2.07. The Balaban J connectivity index is 3.58. The lowest BCUT2D eigenvalue weighted by Crippen LogP contribution is -2.30. The van der Waals surface area contributed by atoms with E-state index < -0.39 is 0 Å². The first-order valence-electron chi connectivity index (χ1n) is 6.31. The van der Waals surface area contributed by atoms with E-state index in [4.69, 9.17) is 5.73 Å². The summed E-state index contributed by atoms with van der Waals surface area (Å²) in [4.78, 5) is 11.4. The average molecular weight is 242 g/mol. The smallest absolute Gasteiger partial charge is 0.245 e. The van der Waals surface area contributed by atoms with Gasteiger partial charge in [-0.15, -0.1) is 0 Å². The van der Waals surface area contributed by atoms with Gasteiger partial charge in [0.15, 0.2) is 0 Å². The van der Waals surface area contributed by atoms with Gasteiger partial charge in [0.1, 0.15) is 0 Å². The molecule has 100 valence electrons. The standard InChI is InChI=1S/C12H26N4O/c1-3-4-6-16-12(17)10-11(2)15-9-8-14-7-5-13/h10,14-15H,3-9,13H2,1-2H3,(H,16,17)/b11-10-. The van der Waals surface area contributed by atoms with Gasteiger partial charge in [-0.1, -0.05) is 13.3 Å². The first-order valence-corrected chi connectivity index (χ1v) is 6.31. The number of unbranched alkanes of at least 4 members (excludes halogenated alkanes) is 1. The maximum Gasteiger partial charge on any atom is 0.245 e. The van der Waals surface area contributed by atoms with Crippen LogP contribution in [-0.4, -0.2) is 38.6 Å². The van der Waals surface area contributed by atoms with Gasteiger partial charge in [-0.3, -0.25) is 4.79 Å². The van der Waals surface area contributed by atoms with Gasteiger partial charge in [0, 0.05) is 44.5 Å². The second-order valence-electron chi connectivity index (χ2n) is 3.94. The number of nitrogens with two attached hydrogens (primary N) is 1. The van der Waals surface area contributed by atoms with Gasteiger partial charge in [-0.05, 0) is 13.3 Å². The van der Waals surface area contributed by atoms with E-state index in [9.17, 15) is 4.79 Å². The van der Waals surface area contributed by atoms with Crippen molar-refractivity contribution < 1.29 is 4.79 Å². The van der Waals surface area contributed by atoms with E-state index in [2.05, 4.69) is 22.9 Å². The molecule has 0 fully saturated rings.